The number of benzene rings is 1. The minimum absolute atomic E-state index is 0.00302. The summed E-state index contributed by atoms with van der Waals surface area (Å²) in [6.45, 7) is 5.24. The lowest BCUT2D eigenvalue weighted by molar-refractivity contribution is 0.545. The van der Waals surface area contributed by atoms with Crippen molar-refractivity contribution < 1.29 is 13.3 Å². The van der Waals surface area contributed by atoms with E-state index in [1.54, 1.807) is 20.8 Å². The van der Waals surface area contributed by atoms with Crippen LogP contribution < -0.4 is 0 Å². The molecule has 0 heterocycles. The van der Waals surface area contributed by atoms with Gasteiger partial charge in [0.1, 0.15) is 27.6 Å². The van der Waals surface area contributed by atoms with Crippen LogP contribution >= 0.6 is 15.9 Å². The largest absolute Gasteiger partial charge is 0.591 e. The zero-order chi connectivity index (χ0) is 13.9. The number of halogens is 3. The van der Waals surface area contributed by atoms with Crippen LogP contribution in [0, 0.1) is 5.82 Å². The Kier molecular flexibility index (Phi) is 5.31. The highest BCUT2D eigenvalue weighted by Crippen LogP contribution is 2.21. The van der Waals surface area contributed by atoms with Crippen LogP contribution in [0.25, 0.3) is 0 Å². The molecule has 0 N–H and O–H groups in total. The van der Waals surface area contributed by atoms with E-state index in [0.29, 0.717) is 5.56 Å². The molecule has 2 atom stereocenters. The monoisotopic (exact) mass is 337 g/mol. The molecule has 0 aromatic heterocycles. The van der Waals surface area contributed by atoms with E-state index in [2.05, 4.69) is 20.3 Å². The topological polar surface area (TPSA) is 35.4 Å². The molecule has 1 aromatic carbocycles. The SMILES string of the molecule is CC(C)(C)[S+]([O-])N=C(c1ccc(F)cc1)[C@@H](F)Br. The minimum Gasteiger partial charge on any atom is -0.591 e. The van der Waals surface area contributed by atoms with E-state index in [9.17, 15) is 13.3 Å². The van der Waals surface area contributed by atoms with Crippen LogP contribution in [0.5, 0.6) is 0 Å². The summed E-state index contributed by atoms with van der Waals surface area (Å²) in [5.74, 6) is -0.417. The summed E-state index contributed by atoms with van der Waals surface area (Å²) >= 11 is 1.20. The molecule has 0 bridgehead atoms. The first kappa shape index (κ1) is 15.6. The summed E-state index contributed by atoms with van der Waals surface area (Å²) < 4.78 is 41.5. The van der Waals surface area contributed by atoms with Crippen LogP contribution in [-0.4, -0.2) is 20.1 Å². The molecular weight excluding hydrogens is 324 g/mol. The number of hydrogen-bond acceptors (Lipinski definition) is 2. The maximum Gasteiger partial charge on any atom is 0.201 e. The van der Waals surface area contributed by atoms with Gasteiger partial charge in [-0.3, -0.25) is 0 Å². The van der Waals surface area contributed by atoms with Gasteiger partial charge >= 0.3 is 0 Å². The summed E-state index contributed by atoms with van der Waals surface area (Å²) in [7, 11) is 0. The first-order valence-electron chi connectivity index (χ1n) is 5.26. The third-order valence-corrected chi connectivity index (χ3v) is 3.90. The van der Waals surface area contributed by atoms with E-state index in [4.69, 9.17) is 0 Å². The van der Waals surface area contributed by atoms with Gasteiger partial charge in [-0.25, -0.2) is 8.78 Å². The van der Waals surface area contributed by atoms with Crippen LogP contribution in [0.4, 0.5) is 8.78 Å². The molecule has 0 amide bonds. The summed E-state index contributed by atoms with van der Waals surface area (Å²) in [5.41, 5.74) is 0.404. The molecule has 0 saturated carbocycles. The Hall–Kier alpha value is -0.460. The normalized spacial score (nSPS) is 16.5. The van der Waals surface area contributed by atoms with Gasteiger partial charge in [0.05, 0.1) is 0 Å². The molecular formula is C12H14BrF2NOS. The van der Waals surface area contributed by atoms with Crippen LogP contribution in [0.2, 0.25) is 0 Å². The fourth-order valence-electron chi connectivity index (χ4n) is 1.07. The Bertz CT molecular complexity index is 429. The molecule has 1 unspecified atom stereocenters. The van der Waals surface area contributed by atoms with Gasteiger partial charge in [-0.05, 0) is 61.0 Å². The molecule has 6 heteroatoms. The van der Waals surface area contributed by atoms with Gasteiger partial charge in [0, 0.05) is 5.56 Å². The number of rotatable bonds is 3. The zero-order valence-corrected chi connectivity index (χ0v) is 12.7. The standard InChI is InChI=1S/C12H14BrF2NOS/c1-12(2,3)18(17)16-10(11(13)15)8-4-6-9(14)7-5-8/h4-7,11H,1-3H3/t11-,18?/m1/s1. The fraction of sp³-hybridized carbons (Fsp3) is 0.417. The molecule has 2 nitrogen and oxygen atoms in total. The second-order valence-corrected chi connectivity index (χ2v) is 7.36. The Morgan fingerprint density at radius 3 is 2.22 bits per heavy atom. The quantitative estimate of drug-likeness (QED) is 0.469. The first-order chi connectivity index (χ1) is 8.21. The van der Waals surface area contributed by atoms with E-state index >= 15 is 0 Å². The lowest BCUT2D eigenvalue weighted by Gasteiger charge is -2.19. The maximum absolute atomic E-state index is 13.5. The lowest BCUT2D eigenvalue weighted by Crippen LogP contribution is -2.28. The van der Waals surface area contributed by atoms with Crippen LogP contribution in [-0.2, 0) is 11.4 Å². The summed E-state index contributed by atoms with van der Waals surface area (Å²) in [5, 5.41) is -1.55. The van der Waals surface area contributed by atoms with E-state index in [-0.39, 0.29) is 5.71 Å². The van der Waals surface area contributed by atoms with E-state index in [0.717, 1.165) is 0 Å². The summed E-state index contributed by atoms with van der Waals surface area (Å²) in [6, 6.07) is 5.23. The van der Waals surface area contributed by atoms with E-state index in [1.165, 1.54) is 24.3 Å². The van der Waals surface area contributed by atoms with Gasteiger partial charge in [-0.1, -0.05) is 4.40 Å². The van der Waals surface area contributed by atoms with Crippen molar-refractivity contribution >= 4 is 33.0 Å². The predicted molar refractivity (Wildman–Crippen MR) is 74.7 cm³/mol. The Morgan fingerprint density at radius 1 is 1.33 bits per heavy atom. The van der Waals surface area contributed by atoms with Crippen molar-refractivity contribution in [1.82, 2.24) is 0 Å². The highest BCUT2D eigenvalue weighted by Gasteiger charge is 2.29. The highest BCUT2D eigenvalue weighted by molar-refractivity contribution is 9.09. The van der Waals surface area contributed by atoms with Crippen LogP contribution in [0.15, 0.2) is 28.7 Å². The van der Waals surface area contributed by atoms with Crippen molar-refractivity contribution in [2.24, 2.45) is 4.40 Å². The summed E-state index contributed by atoms with van der Waals surface area (Å²) in [4.78, 5) is 0. The van der Waals surface area contributed by atoms with Crippen molar-refractivity contribution in [2.45, 2.75) is 30.6 Å². The van der Waals surface area contributed by atoms with Crippen LogP contribution in [0.3, 0.4) is 0 Å². The smallest absolute Gasteiger partial charge is 0.201 e. The van der Waals surface area contributed by atoms with Gasteiger partial charge in [0.2, 0.25) is 5.08 Å². The van der Waals surface area contributed by atoms with Crippen molar-refractivity contribution in [3.05, 3.63) is 35.6 Å². The van der Waals surface area contributed by atoms with Crippen molar-refractivity contribution in [3.63, 3.8) is 0 Å². The van der Waals surface area contributed by atoms with Crippen LogP contribution in [0.1, 0.15) is 26.3 Å². The zero-order valence-electron chi connectivity index (χ0n) is 10.3. The van der Waals surface area contributed by atoms with Gasteiger partial charge in [-0.2, -0.15) is 0 Å². The molecule has 0 spiro atoms. The summed E-state index contributed by atoms with van der Waals surface area (Å²) in [6.07, 6.45) is 0. The lowest BCUT2D eigenvalue weighted by atomic mass is 10.1. The molecule has 1 aromatic rings. The predicted octanol–water partition coefficient (Wildman–Crippen LogP) is 3.77. The molecule has 0 aliphatic heterocycles. The second kappa shape index (κ2) is 6.12. The Morgan fingerprint density at radius 2 is 1.83 bits per heavy atom. The average molecular weight is 338 g/mol. The third-order valence-electron chi connectivity index (χ3n) is 2.05. The van der Waals surface area contributed by atoms with E-state index in [1.807, 2.05) is 0 Å². The van der Waals surface area contributed by atoms with Gasteiger partial charge in [-0.15, -0.1) is 0 Å². The van der Waals surface area contributed by atoms with Gasteiger partial charge in [0.25, 0.3) is 0 Å². The second-order valence-electron chi connectivity index (χ2n) is 4.65. The van der Waals surface area contributed by atoms with E-state index < -0.39 is 27.0 Å². The fourth-order valence-corrected chi connectivity index (χ4v) is 2.22. The highest BCUT2D eigenvalue weighted by atomic mass is 79.9. The van der Waals surface area contributed by atoms with Gasteiger partial charge in [0.15, 0.2) is 0 Å². The molecule has 100 valence electrons. The minimum atomic E-state index is -1.57. The average Bonchev–Trinajstić information content (AvgIpc) is 2.25. The van der Waals surface area contributed by atoms with Gasteiger partial charge < -0.3 is 4.55 Å². The van der Waals surface area contributed by atoms with Crippen molar-refractivity contribution in [1.29, 1.82) is 0 Å². The number of nitrogens with zero attached hydrogens (tertiary/aromatic N) is 1. The third kappa shape index (κ3) is 4.33. The molecule has 0 aliphatic carbocycles. The maximum atomic E-state index is 13.5. The molecule has 0 radical (unpaired) electrons. The molecule has 0 aliphatic rings. The van der Waals surface area contributed by atoms with Crippen molar-refractivity contribution in [2.75, 3.05) is 0 Å². The number of hydrogen-bond donors (Lipinski definition) is 0. The van der Waals surface area contributed by atoms with Crippen molar-refractivity contribution in [3.8, 4) is 0 Å². The molecule has 0 fully saturated rings. The molecule has 0 saturated heterocycles. The molecule has 18 heavy (non-hydrogen) atoms. The number of alkyl halides is 2. The Balaban J connectivity index is 3.11. The Labute approximate surface area is 117 Å². The first-order valence-corrected chi connectivity index (χ1v) is 7.28. The molecule has 1 rings (SSSR count).